The van der Waals surface area contributed by atoms with Gasteiger partial charge >= 0.3 is 0 Å². The van der Waals surface area contributed by atoms with Crippen molar-refractivity contribution in [2.45, 2.75) is 25.3 Å². The van der Waals surface area contributed by atoms with Gasteiger partial charge in [0.25, 0.3) is 5.91 Å². The molecule has 6 heteroatoms. The molecule has 1 atom stereocenters. The molecule has 4 N–H and O–H groups in total. The number of nitrogens with one attached hydrogen (secondary N) is 2. The fourth-order valence-corrected chi connectivity index (χ4v) is 3.71. The first-order chi connectivity index (χ1) is 13.6. The zero-order valence-electron chi connectivity index (χ0n) is 15.7. The normalized spacial score (nSPS) is 16.3. The summed E-state index contributed by atoms with van der Waals surface area (Å²) in [5, 5.41) is 6.86. The number of rotatable bonds is 6. The number of nitrogens with two attached hydrogens (primary N) is 1. The molecule has 3 aromatic rings. The predicted molar refractivity (Wildman–Crippen MR) is 110 cm³/mol. The third-order valence-corrected chi connectivity index (χ3v) is 5.23. The molecule has 1 aromatic heterocycles. The lowest BCUT2D eigenvalue weighted by Crippen LogP contribution is -2.14. The summed E-state index contributed by atoms with van der Waals surface area (Å²) in [6.07, 6.45) is 3.45. The van der Waals surface area contributed by atoms with Crippen molar-refractivity contribution in [2.75, 3.05) is 18.4 Å². The van der Waals surface area contributed by atoms with Gasteiger partial charge in [-0.2, -0.15) is 0 Å². The Balaban J connectivity index is 1.50. The molecule has 28 heavy (non-hydrogen) atoms. The van der Waals surface area contributed by atoms with Crippen molar-refractivity contribution < 1.29 is 9.59 Å². The largest absolute Gasteiger partial charge is 0.355 e. The standard InChI is InChI=1S/C22H24N4O2/c23-8-2-9-26-10-7-16-11-17(5-6-20(16)26)22(28)25-19-4-1-3-15(12-19)18-13-21(27)24-14-18/h1,3-7,10-12,18H,2,8-9,13-14,23H2,(H,24,27)(H,25,28). The van der Waals surface area contributed by atoms with Crippen LogP contribution in [0.4, 0.5) is 5.69 Å². The number of aromatic nitrogens is 1. The highest BCUT2D eigenvalue weighted by atomic mass is 16.2. The third kappa shape index (κ3) is 3.77. The molecule has 2 amide bonds. The van der Waals surface area contributed by atoms with Gasteiger partial charge in [-0.15, -0.1) is 0 Å². The van der Waals surface area contributed by atoms with E-state index in [4.69, 9.17) is 5.73 Å². The average molecular weight is 376 g/mol. The summed E-state index contributed by atoms with van der Waals surface area (Å²) in [6, 6.07) is 15.5. The van der Waals surface area contributed by atoms with Gasteiger partial charge in [-0.25, -0.2) is 0 Å². The summed E-state index contributed by atoms with van der Waals surface area (Å²) in [5.41, 5.74) is 9.11. The van der Waals surface area contributed by atoms with Crippen LogP contribution >= 0.6 is 0 Å². The quantitative estimate of drug-likeness (QED) is 0.618. The third-order valence-electron chi connectivity index (χ3n) is 5.23. The number of aryl methyl sites for hydroxylation is 1. The van der Waals surface area contributed by atoms with Gasteiger partial charge in [0.05, 0.1) is 0 Å². The Bertz CT molecular complexity index is 1020. The summed E-state index contributed by atoms with van der Waals surface area (Å²) in [4.78, 5) is 24.2. The van der Waals surface area contributed by atoms with Crippen LogP contribution < -0.4 is 16.4 Å². The van der Waals surface area contributed by atoms with Gasteiger partial charge in [-0.05, 0) is 54.9 Å². The Hall–Kier alpha value is -3.12. The van der Waals surface area contributed by atoms with Crippen LogP contribution in [0.15, 0.2) is 54.7 Å². The Labute approximate surface area is 163 Å². The first kappa shape index (κ1) is 18.3. The van der Waals surface area contributed by atoms with Crippen molar-refractivity contribution in [1.29, 1.82) is 0 Å². The number of anilines is 1. The molecule has 0 bridgehead atoms. The molecular formula is C22H24N4O2. The minimum atomic E-state index is -0.144. The Morgan fingerprint density at radius 2 is 2.11 bits per heavy atom. The first-order valence-corrected chi connectivity index (χ1v) is 9.61. The molecule has 0 aliphatic carbocycles. The van der Waals surface area contributed by atoms with E-state index in [0.29, 0.717) is 25.1 Å². The Morgan fingerprint density at radius 1 is 1.21 bits per heavy atom. The molecule has 0 radical (unpaired) electrons. The van der Waals surface area contributed by atoms with Gasteiger partial charge in [0.1, 0.15) is 0 Å². The second kappa shape index (κ2) is 7.86. The van der Waals surface area contributed by atoms with E-state index in [0.717, 1.165) is 35.1 Å². The zero-order valence-corrected chi connectivity index (χ0v) is 15.7. The Morgan fingerprint density at radius 3 is 2.89 bits per heavy atom. The van der Waals surface area contributed by atoms with Crippen LogP contribution in [0, 0.1) is 0 Å². The number of hydrogen-bond donors (Lipinski definition) is 3. The second-order valence-corrected chi connectivity index (χ2v) is 7.21. The summed E-state index contributed by atoms with van der Waals surface area (Å²) in [6.45, 7) is 2.18. The number of nitrogens with zero attached hydrogens (tertiary/aromatic N) is 1. The van der Waals surface area contributed by atoms with E-state index in [1.807, 2.05) is 54.7 Å². The molecule has 0 saturated carbocycles. The zero-order chi connectivity index (χ0) is 19.5. The maximum atomic E-state index is 12.7. The number of carbonyl (C=O) groups excluding carboxylic acids is 2. The lowest BCUT2D eigenvalue weighted by atomic mass is 9.98. The average Bonchev–Trinajstić information content (AvgIpc) is 3.32. The molecule has 1 unspecified atom stereocenters. The number of fused-ring (bicyclic) bond motifs is 1. The molecule has 1 saturated heterocycles. The monoisotopic (exact) mass is 376 g/mol. The van der Waals surface area contributed by atoms with Crippen molar-refractivity contribution >= 4 is 28.4 Å². The fraction of sp³-hybridized carbons (Fsp3) is 0.273. The lowest BCUT2D eigenvalue weighted by molar-refractivity contribution is -0.119. The highest BCUT2D eigenvalue weighted by molar-refractivity contribution is 6.06. The SMILES string of the molecule is NCCCn1ccc2cc(C(=O)Nc3cccc(C4CNC(=O)C4)c3)ccc21. The van der Waals surface area contributed by atoms with Crippen molar-refractivity contribution in [1.82, 2.24) is 9.88 Å². The molecular weight excluding hydrogens is 352 g/mol. The lowest BCUT2D eigenvalue weighted by Gasteiger charge is -2.11. The molecule has 1 aliphatic rings. The van der Waals surface area contributed by atoms with Crippen LogP contribution in [0.25, 0.3) is 10.9 Å². The molecule has 1 fully saturated rings. The van der Waals surface area contributed by atoms with E-state index in [9.17, 15) is 9.59 Å². The maximum Gasteiger partial charge on any atom is 0.255 e. The first-order valence-electron chi connectivity index (χ1n) is 9.61. The Kier molecular flexibility index (Phi) is 5.12. The fourth-order valence-electron chi connectivity index (χ4n) is 3.71. The maximum absolute atomic E-state index is 12.7. The summed E-state index contributed by atoms with van der Waals surface area (Å²) in [5.74, 6) is 0.0921. The highest BCUT2D eigenvalue weighted by Gasteiger charge is 2.23. The molecule has 2 heterocycles. The molecule has 4 rings (SSSR count). The van der Waals surface area contributed by atoms with E-state index in [2.05, 4.69) is 15.2 Å². The summed E-state index contributed by atoms with van der Waals surface area (Å²) in [7, 11) is 0. The van der Waals surface area contributed by atoms with Crippen LogP contribution in [0.1, 0.15) is 34.7 Å². The van der Waals surface area contributed by atoms with Gasteiger partial charge in [-0.3, -0.25) is 9.59 Å². The van der Waals surface area contributed by atoms with E-state index >= 15 is 0 Å². The molecule has 144 valence electrons. The van der Waals surface area contributed by atoms with Crippen LogP contribution in [-0.2, 0) is 11.3 Å². The number of carbonyl (C=O) groups is 2. The molecule has 1 aliphatic heterocycles. The minimum Gasteiger partial charge on any atom is -0.355 e. The summed E-state index contributed by atoms with van der Waals surface area (Å²) >= 11 is 0. The van der Waals surface area contributed by atoms with Gasteiger partial charge in [-0.1, -0.05) is 12.1 Å². The van der Waals surface area contributed by atoms with Crippen LogP contribution in [0.5, 0.6) is 0 Å². The number of amides is 2. The minimum absolute atomic E-state index is 0.0751. The van der Waals surface area contributed by atoms with Crippen molar-refractivity contribution in [3.05, 3.63) is 65.9 Å². The molecule has 6 nitrogen and oxygen atoms in total. The smallest absolute Gasteiger partial charge is 0.255 e. The number of hydrogen-bond acceptors (Lipinski definition) is 3. The van der Waals surface area contributed by atoms with Gasteiger partial charge < -0.3 is 20.9 Å². The number of benzene rings is 2. The van der Waals surface area contributed by atoms with Crippen molar-refractivity contribution in [3.63, 3.8) is 0 Å². The van der Waals surface area contributed by atoms with E-state index in [1.54, 1.807) is 0 Å². The van der Waals surface area contributed by atoms with Gasteiger partial charge in [0.2, 0.25) is 5.91 Å². The van der Waals surface area contributed by atoms with Crippen LogP contribution in [0.2, 0.25) is 0 Å². The molecule has 2 aromatic carbocycles. The van der Waals surface area contributed by atoms with E-state index in [1.165, 1.54) is 0 Å². The van der Waals surface area contributed by atoms with Gasteiger partial charge in [0.15, 0.2) is 0 Å². The van der Waals surface area contributed by atoms with Crippen LogP contribution in [0.3, 0.4) is 0 Å². The van der Waals surface area contributed by atoms with Gasteiger partial charge in [0, 0.05) is 53.8 Å². The van der Waals surface area contributed by atoms with Crippen molar-refractivity contribution in [2.24, 2.45) is 5.73 Å². The van der Waals surface area contributed by atoms with E-state index in [-0.39, 0.29) is 17.7 Å². The predicted octanol–water partition coefficient (Wildman–Crippen LogP) is 2.85. The van der Waals surface area contributed by atoms with Crippen molar-refractivity contribution in [3.8, 4) is 0 Å². The summed E-state index contributed by atoms with van der Waals surface area (Å²) < 4.78 is 2.16. The van der Waals surface area contributed by atoms with Crippen LogP contribution in [-0.4, -0.2) is 29.5 Å². The van der Waals surface area contributed by atoms with E-state index < -0.39 is 0 Å². The highest BCUT2D eigenvalue weighted by Crippen LogP contribution is 2.26. The topological polar surface area (TPSA) is 89.2 Å². The second-order valence-electron chi connectivity index (χ2n) is 7.21. The molecule has 0 spiro atoms.